The van der Waals surface area contributed by atoms with Gasteiger partial charge in [-0.3, -0.25) is 14.8 Å². The Bertz CT molecular complexity index is 1980. The molecule has 3 unspecified atom stereocenters. The van der Waals surface area contributed by atoms with Crippen LogP contribution < -0.4 is 9.47 Å². The van der Waals surface area contributed by atoms with E-state index >= 15 is 0 Å². The maximum absolute atomic E-state index is 13.3. The fourth-order valence-corrected chi connectivity index (χ4v) is 6.51. The first-order valence-electron chi connectivity index (χ1n) is 18.6. The molecule has 11 heteroatoms. The molecule has 2 N–H and O–H groups in total. The van der Waals surface area contributed by atoms with E-state index in [9.17, 15) is 19.8 Å². The summed E-state index contributed by atoms with van der Waals surface area (Å²) in [4.78, 5) is 35.8. The van der Waals surface area contributed by atoms with Gasteiger partial charge in [-0.1, -0.05) is 59.8 Å². The van der Waals surface area contributed by atoms with E-state index in [0.29, 0.717) is 29.3 Å². The van der Waals surface area contributed by atoms with Crippen LogP contribution in [0.5, 0.6) is 11.5 Å². The van der Waals surface area contributed by atoms with Gasteiger partial charge in [0.25, 0.3) is 0 Å². The van der Waals surface area contributed by atoms with Crippen molar-refractivity contribution >= 4 is 11.9 Å². The zero-order chi connectivity index (χ0) is 39.4. The molecule has 1 saturated heterocycles. The highest BCUT2D eigenvalue weighted by atomic mass is 16.6. The normalized spacial score (nSPS) is 20.1. The molecular weight excluding hydrogens is 700 g/mol. The average Bonchev–Trinajstić information content (AvgIpc) is 3.78. The smallest absolute Gasteiger partial charge is 0.343 e. The fraction of sp³-hybridized carbons (Fsp3) is 0.409. The summed E-state index contributed by atoms with van der Waals surface area (Å²) in [5.74, 6) is -0.901. The molecule has 1 fully saturated rings. The van der Waals surface area contributed by atoms with Gasteiger partial charge in [-0.25, -0.2) is 4.79 Å². The Morgan fingerprint density at radius 1 is 0.709 bits per heavy atom. The maximum Gasteiger partial charge on any atom is 0.343 e. The molecule has 4 heterocycles. The highest BCUT2D eigenvalue weighted by Crippen LogP contribution is 2.44. The number of carbonyl (C=O) groups is 2. The van der Waals surface area contributed by atoms with Gasteiger partial charge in [-0.05, 0) is 96.1 Å². The highest BCUT2D eigenvalue weighted by Gasteiger charge is 2.60. The lowest BCUT2D eigenvalue weighted by molar-refractivity contribution is -0.173. The molecule has 0 spiro atoms. The standard InChI is InChI=1S/C44H50N2O9/c1-42(2,3)38(47)36-11-7-9-34(45-36)28-13-17-30(18-14-28)51-23-25-53-40(49)33-27-32-21-22-44(33,55-32)41(50)54-26-24-52-31-19-15-29(16-20-31)35-10-8-12-37(46-35)39(48)43(4,5)6/h7-22,32-33,38-39,47-48H,23-27H2,1-6H3/t32-,33?,38?,39?,44+/m0/s1. The topological polar surface area (TPSA) is 147 Å². The number of nitrogens with zero attached hydrogens (tertiary/aromatic N) is 2. The van der Waals surface area contributed by atoms with Gasteiger partial charge in [0.15, 0.2) is 5.60 Å². The van der Waals surface area contributed by atoms with Crippen molar-refractivity contribution in [3.63, 3.8) is 0 Å². The van der Waals surface area contributed by atoms with Gasteiger partial charge >= 0.3 is 11.9 Å². The second-order valence-corrected chi connectivity index (χ2v) is 16.1. The summed E-state index contributed by atoms with van der Waals surface area (Å²) in [7, 11) is 0. The molecule has 11 nitrogen and oxygen atoms in total. The summed E-state index contributed by atoms with van der Waals surface area (Å²) in [6, 6.07) is 25.9. The molecule has 290 valence electrons. The minimum atomic E-state index is -1.55. The molecule has 0 amide bonds. The minimum absolute atomic E-state index is 0.0160. The third kappa shape index (κ3) is 9.24. The first kappa shape index (κ1) is 39.6. The van der Waals surface area contributed by atoms with Crippen molar-refractivity contribution in [1.82, 2.24) is 9.97 Å². The van der Waals surface area contributed by atoms with Crippen LogP contribution in [0.4, 0.5) is 0 Å². The van der Waals surface area contributed by atoms with E-state index in [1.54, 1.807) is 24.3 Å². The van der Waals surface area contributed by atoms with Crippen LogP contribution in [0.15, 0.2) is 97.1 Å². The number of rotatable bonds is 14. The van der Waals surface area contributed by atoms with Gasteiger partial charge in [0, 0.05) is 11.1 Å². The van der Waals surface area contributed by atoms with E-state index in [0.717, 1.165) is 22.5 Å². The van der Waals surface area contributed by atoms with Crippen LogP contribution in [-0.4, -0.2) is 70.3 Å². The lowest BCUT2D eigenvalue weighted by Crippen LogP contribution is -2.47. The Hall–Kier alpha value is -5.10. The molecule has 2 aliphatic heterocycles. The first-order valence-corrected chi connectivity index (χ1v) is 18.6. The van der Waals surface area contributed by atoms with Crippen molar-refractivity contribution in [3.05, 3.63) is 108 Å². The molecular formula is C44H50N2O9. The Labute approximate surface area is 322 Å². The van der Waals surface area contributed by atoms with Crippen LogP contribution in [-0.2, 0) is 23.8 Å². The predicted octanol–water partition coefficient (Wildman–Crippen LogP) is 7.23. The number of hydrogen-bond donors (Lipinski definition) is 2. The van der Waals surface area contributed by atoms with Gasteiger partial charge in [-0.2, -0.15) is 0 Å². The molecule has 5 atom stereocenters. The molecule has 4 aromatic rings. The molecule has 2 aliphatic rings. The van der Waals surface area contributed by atoms with Gasteiger partial charge < -0.3 is 33.9 Å². The summed E-state index contributed by atoms with van der Waals surface area (Å²) >= 11 is 0. The molecule has 2 aromatic carbocycles. The number of aromatic nitrogens is 2. The maximum atomic E-state index is 13.3. The zero-order valence-electron chi connectivity index (χ0n) is 32.2. The Morgan fingerprint density at radius 2 is 1.18 bits per heavy atom. The SMILES string of the molecule is CC(C)(C)C(O)c1cccc(-c2ccc(OCCOC(=O)C3C[C@@H]4C=C[C@@]3(C(=O)OCCOc3ccc(-c5cccc(C(O)C(C)(C)C)n5)cc3)O4)cc2)n1. The quantitative estimate of drug-likeness (QED) is 0.0765. The molecule has 0 radical (unpaired) electrons. The van der Waals surface area contributed by atoms with Crippen molar-refractivity contribution in [3.8, 4) is 34.0 Å². The minimum Gasteiger partial charge on any atom is -0.490 e. The summed E-state index contributed by atoms with van der Waals surface area (Å²) in [6.45, 7) is 11.9. The number of aliphatic hydroxyl groups is 2. The summed E-state index contributed by atoms with van der Waals surface area (Å²) < 4.78 is 28.6. The Balaban J connectivity index is 0.945. The lowest BCUT2D eigenvalue weighted by Gasteiger charge is -2.26. The van der Waals surface area contributed by atoms with Gasteiger partial charge in [0.1, 0.15) is 56.1 Å². The van der Waals surface area contributed by atoms with E-state index in [1.807, 2.05) is 114 Å². The van der Waals surface area contributed by atoms with Crippen molar-refractivity contribution in [2.45, 2.75) is 71.9 Å². The number of fused-ring (bicyclic) bond motifs is 2. The lowest BCUT2D eigenvalue weighted by atomic mass is 9.83. The number of pyridine rings is 2. The molecule has 0 aliphatic carbocycles. The van der Waals surface area contributed by atoms with Crippen LogP contribution >= 0.6 is 0 Å². The first-order chi connectivity index (χ1) is 26.1. The number of benzene rings is 2. The van der Waals surface area contributed by atoms with E-state index < -0.39 is 35.7 Å². The Morgan fingerprint density at radius 3 is 1.64 bits per heavy atom. The van der Waals surface area contributed by atoms with Crippen molar-refractivity contribution in [2.24, 2.45) is 16.7 Å². The van der Waals surface area contributed by atoms with Gasteiger partial charge in [-0.15, -0.1) is 0 Å². The second-order valence-electron chi connectivity index (χ2n) is 16.1. The van der Waals surface area contributed by atoms with Crippen LogP contribution in [0.3, 0.4) is 0 Å². The van der Waals surface area contributed by atoms with Crippen molar-refractivity contribution < 1.29 is 43.5 Å². The number of hydrogen-bond acceptors (Lipinski definition) is 11. The van der Waals surface area contributed by atoms with Crippen LogP contribution in [0.2, 0.25) is 0 Å². The van der Waals surface area contributed by atoms with Gasteiger partial charge in [0.05, 0.1) is 28.9 Å². The van der Waals surface area contributed by atoms with Crippen LogP contribution in [0, 0.1) is 16.7 Å². The van der Waals surface area contributed by atoms with E-state index in [2.05, 4.69) is 9.97 Å². The molecule has 55 heavy (non-hydrogen) atoms. The number of ether oxygens (including phenoxy) is 5. The number of aliphatic hydroxyl groups excluding tert-OH is 2. The third-order valence-electron chi connectivity index (χ3n) is 9.72. The van der Waals surface area contributed by atoms with E-state index in [-0.39, 0.29) is 43.4 Å². The summed E-state index contributed by atoms with van der Waals surface area (Å²) in [6.07, 6.45) is 1.89. The number of carbonyl (C=O) groups excluding carboxylic acids is 2. The fourth-order valence-electron chi connectivity index (χ4n) is 6.51. The van der Waals surface area contributed by atoms with Gasteiger partial charge in [0.2, 0.25) is 0 Å². The van der Waals surface area contributed by atoms with E-state index in [4.69, 9.17) is 23.7 Å². The molecule has 2 aromatic heterocycles. The second kappa shape index (κ2) is 16.3. The largest absolute Gasteiger partial charge is 0.490 e. The predicted molar refractivity (Wildman–Crippen MR) is 206 cm³/mol. The molecule has 0 saturated carbocycles. The van der Waals surface area contributed by atoms with Crippen LogP contribution in [0.1, 0.15) is 71.6 Å². The van der Waals surface area contributed by atoms with Crippen molar-refractivity contribution in [2.75, 3.05) is 26.4 Å². The average molecular weight is 751 g/mol. The number of esters is 2. The van der Waals surface area contributed by atoms with E-state index in [1.165, 1.54) is 0 Å². The monoisotopic (exact) mass is 750 g/mol. The zero-order valence-corrected chi connectivity index (χ0v) is 32.2. The summed E-state index contributed by atoms with van der Waals surface area (Å²) in [5.41, 5.74) is 2.22. The molecule has 2 bridgehead atoms. The third-order valence-corrected chi connectivity index (χ3v) is 9.72. The Kier molecular flexibility index (Phi) is 11.8. The van der Waals surface area contributed by atoms with Crippen LogP contribution in [0.25, 0.3) is 22.5 Å². The summed E-state index contributed by atoms with van der Waals surface area (Å²) in [5, 5.41) is 21.3. The van der Waals surface area contributed by atoms with Crippen molar-refractivity contribution in [1.29, 1.82) is 0 Å². The molecule has 6 rings (SSSR count). The highest BCUT2D eigenvalue weighted by molar-refractivity contribution is 5.91.